The molecule has 4 nitrogen and oxygen atoms in total. The fourth-order valence-electron chi connectivity index (χ4n) is 3.25. The van der Waals surface area contributed by atoms with Gasteiger partial charge < -0.3 is 0 Å². The van der Waals surface area contributed by atoms with E-state index in [9.17, 15) is 4.79 Å². The van der Waals surface area contributed by atoms with Crippen LogP contribution in [0.2, 0.25) is 5.02 Å². The number of fused-ring (bicyclic) bond motifs is 1. The molecule has 1 saturated heterocycles. The van der Waals surface area contributed by atoms with Crippen LogP contribution in [-0.2, 0) is 6.54 Å². The van der Waals surface area contributed by atoms with Gasteiger partial charge in [-0.05, 0) is 37.8 Å². The first kappa shape index (κ1) is 15.5. The van der Waals surface area contributed by atoms with Crippen molar-refractivity contribution in [1.29, 1.82) is 0 Å². The van der Waals surface area contributed by atoms with Gasteiger partial charge in [0, 0.05) is 31.4 Å². The summed E-state index contributed by atoms with van der Waals surface area (Å²) in [5.74, 6) is 0.699. The van der Waals surface area contributed by atoms with Crippen molar-refractivity contribution in [1.82, 2.24) is 14.3 Å². The number of pyridine rings is 1. The summed E-state index contributed by atoms with van der Waals surface area (Å²) in [6.07, 6.45) is 5.40. The molecule has 0 saturated carbocycles. The van der Waals surface area contributed by atoms with Gasteiger partial charge in [-0.2, -0.15) is 0 Å². The van der Waals surface area contributed by atoms with Crippen molar-refractivity contribution >= 4 is 17.2 Å². The lowest BCUT2D eigenvalue weighted by Gasteiger charge is -2.28. The SMILES string of the molecule is C[C@H]1CCC[C@@H](C)N(Cc2cc(=O)n3cc(Cl)ccc3n2)C1. The Bertz CT molecular complexity index is 727. The third kappa shape index (κ3) is 3.33. The lowest BCUT2D eigenvalue weighted by molar-refractivity contribution is 0.184. The van der Waals surface area contributed by atoms with Crippen LogP contribution in [0.5, 0.6) is 0 Å². The van der Waals surface area contributed by atoms with E-state index in [0.29, 0.717) is 22.6 Å². The Balaban J connectivity index is 1.90. The van der Waals surface area contributed by atoms with Crippen molar-refractivity contribution < 1.29 is 0 Å². The predicted molar refractivity (Wildman–Crippen MR) is 89.4 cm³/mol. The second-order valence-electron chi connectivity index (χ2n) is 6.48. The normalized spacial score (nSPS) is 23.6. The van der Waals surface area contributed by atoms with Gasteiger partial charge in [-0.25, -0.2) is 4.98 Å². The van der Waals surface area contributed by atoms with E-state index in [1.165, 1.54) is 23.7 Å². The van der Waals surface area contributed by atoms with Gasteiger partial charge in [-0.15, -0.1) is 0 Å². The van der Waals surface area contributed by atoms with Crippen molar-refractivity contribution in [3.8, 4) is 0 Å². The maximum Gasteiger partial charge on any atom is 0.258 e. The molecule has 0 radical (unpaired) electrons. The van der Waals surface area contributed by atoms with Crippen molar-refractivity contribution in [2.75, 3.05) is 6.54 Å². The molecule has 1 aliphatic rings. The molecule has 2 atom stereocenters. The zero-order valence-electron chi connectivity index (χ0n) is 13.1. The second kappa shape index (κ2) is 6.39. The van der Waals surface area contributed by atoms with Gasteiger partial charge >= 0.3 is 0 Å². The Morgan fingerprint density at radius 3 is 2.95 bits per heavy atom. The van der Waals surface area contributed by atoms with E-state index in [2.05, 4.69) is 23.7 Å². The van der Waals surface area contributed by atoms with E-state index in [0.717, 1.165) is 18.8 Å². The van der Waals surface area contributed by atoms with Gasteiger partial charge in [0.2, 0.25) is 0 Å². The maximum atomic E-state index is 12.3. The lowest BCUT2D eigenvalue weighted by atomic mass is 10.1. The number of hydrogen-bond donors (Lipinski definition) is 0. The fourth-order valence-corrected chi connectivity index (χ4v) is 3.41. The topological polar surface area (TPSA) is 37.6 Å². The third-order valence-corrected chi connectivity index (χ3v) is 4.75. The molecule has 118 valence electrons. The summed E-state index contributed by atoms with van der Waals surface area (Å²) < 4.78 is 1.50. The number of aromatic nitrogens is 2. The van der Waals surface area contributed by atoms with Crippen LogP contribution in [0.25, 0.3) is 5.65 Å². The average Bonchev–Trinajstić information content (AvgIpc) is 2.62. The molecule has 1 aliphatic heterocycles. The van der Waals surface area contributed by atoms with E-state index in [-0.39, 0.29) is 5.56 Å². The summed E-state index contributed by atoms with van der Waals surface area (Å²) in [4.78, 5) is 19.3. The minimum absolute atomic E-state index is 0.0713. The molecule has 0 unspecified atom stereocenters. The first-order valence-electron chi connectivity index (χ1n) is 7.95. The van der Waals surface area contributed by atoms with Gasteiger partial charge in [0.15, 0.2) is 0 Å². The highest BCUT2D eigenvalue weighted by molar-refractivity contribution is 6.30. The monoisotopic (exact) mass is 319 g/mol. The largest absolute Gasteiger partial charge is 0.295 e. The molecule has 0 aliphatic carbocycles. The predicted octanol–water partition coefficient (Wildman–Crippen LogP) is 3.36. The van der Waals surface area contributed by atoms with Crippen molar-refractivity contribution in [2.45, 2.75) is 45.7 Å². The van der Waals surface area contributed by atoms with Crippen LogP contribution in [0.3, 0.4) is 0 Å². The quantitative estimate of drug-likeness (QED) is 0.852. The number of nitrogens with zero attached hydrogens (tertiary/aromatic N) is 3. The van der Waals surface area contributed by atoms with E-state index in [1.54, 1.807) is 24.4 Å². The molecule has 2 aromatic rings. The van der Waals surface area contributed by atoms with E-state index in [4.69, 9.17) is 11.6 Å². The molecule has 2 aromatic heterocycles. The molecule has 5 heteroatoms. The van der Waals surface area contributed by atoms with Crippen LogP contribution >= 0.6 is 11.6 Å². The number of rotatable bonds is 2. The first-order chi connectivity index (χ1) is 10.5. The van der Waals surface area contributed by atoms with Gasteiger partial charge in [0.05, 0.1) is 10.7 Å². The van der Waals surface area contributed by atoms with Crippen LogP contribution < -0.4 is 5.56 Å². The van der Waals surface area contributed by atoms with Gasteiger partial charge in [0.25, 0.3) is 5.56 Å². The molecule has 0 aromatic carbocycles. The number of likely N-dealkylation sites (tertiary alicyclic amines) is 1. The standard InChI is InChI=1S/C17H22ClN3O/c1-12-4-3-5-13(2)20(9-12)11-15-8-17(22)21-10-14(18)6-7-16(21)19-15/h6-8,10,12-13H,3-5,9,11H2,1-2H3/t12-,13+/m0/s1. The summed E-state index contributed by atoms with van der Waals surface area (Å²) in [5, 5.41) is 0.541. The fraction of sp³-hybridized carbons (Fsp3) is 0.529. The van der Waals surface area contributed by atoms with E-state index >= 15 is 0 Å². The Hall–Kier alpha value is -1.39. The maximum absolute atomic E-state index is 12.3. The minimum atomic E-state index is -0.0713. The van der Waals surface area contributed by atoms with E-state index < -0.39 is 0 Å². The second-order valence-corrected chi connectivity index (χ2v) is 6.91. The molecule has 22 heavy (non-hydrogen) atoms. The summed E-state index contributed by atoms with van der Waals surface area (Å²) in [6, 6.07) is 5.73. The molecule has 0 spiro atoms. The number of halogens is 1. The highest BCUT2D eigenvalue weighted by Crippen LogP contribution is 2.22. The van der Waals surface area contributed by atoms with Crippen LogP contribution in [0.4, 0.5) is 0 Å². The minimum Gasteiger partial charge on any atom is -0.295 e. The Kier molecular flexibility index (Phi) is 4.50. The Morgan fingerprint density at radius 1 is 1.32 bits per heavy atom. The third-order valence-electron chi connectivity index (χ3n) is 4.53. The summed E-state index contributed by atoms with van der Waals surface area (Å²) in [5.41, 5.74) is 1.42. The molecule has 3 rings (SSSR count). The molecular formula is C17H22ClN3O. The highest BCUT2D eigenvalue weighted by Gasteiger charge is 2.21. The average molecular weight is 320 g/mol. The summed E-state index contributed by atoms with van der Waals surface area (Å²) >= 11 is 5.94. The first-order valence-corrected chi connectivity index (χ1v) is 8.32. The summed E-state index contributed by atoms with van der Waals surface area (Å²) in [6.45, 7) is 6.38. The molecule has 1 fully saturated rings. The highest BCUT2D eigenvalue weighted by atomic mass is 35.5. The number of hydrogen-bond acceptors (Lipinski definition) is 3. The summed E-state index contributed by atoms with van der Waals surface area (Å²) in [7, 11) is 0. The van der Waals surface area contributed by atoms with Crippen LogP contribution in [0, 0.1) is 5.92 Å². The zero-order chi connectivity index (χ0) is 15.7. The van der Waals surface area contributed by atoms with Crippen molar-refractivity contribution in [3.05, 3.63) is 45.5 Å². The van der Waals surface area contributed by atoms with Crippen molar-refractivity contribution in [3.63, 3.8) is 0 Å². The molecule has 0 N–H and O–H groups in total. The smallest absolute Gasteiger partial charge is 0.258 e. The molecule has 0 bridgehead atoms. The Labute approximate surface area is 135 Å². The van der Waals surface area contributed by atoms with Crippen LogP contribution in [-0.4, -0.2) is 26.9 Å². The van der Waals surface area contributed by atoms with Gasteiger partial charge in [-0.1, -0.05) is 24.9 Å². The molecule has 3 heterocycles. The van der Waals surface area contributed by atoms with Gasteiger partial charge in [-0.3, -0.25) is 14.1 Å². The molecule has 0 amide bonds. The van der Waals surface area contributed by atoms with Gasteiger partial charge in [0.1, 0.15) is 5.65 Å². The Morgan fingerprint density at radius 2 is 2.14 bits per heavy atom. The van der Waals surface area contributed by atoms with Crippen LogP contribution in [0.15, 0.2) is 29.2 Å². The van der Waals surface area contributed by atoms with Crippen molar-refractivity contribution in [2.24, 2.45) is 5.92 Å². The van der Waals surface area contributed by atoms with E-state index in [1.807, 2.05) is 0 Å². The lowest BCUT2D eigenvalue weighted by Crippen LogP contribution is -2.34. The zero-order valence-corrected chi connectivity index (χ0v) is 13.9. The van der Waals surface area contributed by atoms with Crippen LogP contribution in [0.1, 0.15) is 38.8 Å². The molecular weight excluding hydrogens is 298 g/mol.